The molecule has 3 rings (SSSR count). The predicted octanol–water partition coefficient (Wildman–Crippen LogP) is 3.24. The number of thiophene rings is 1. The van der Waals surface area contributed by atoms with Crippen LogP contribution in [0.2, 0.25) is 0 Å². The van der Waals surface area contributed by atoms with E-state index < -0.39 is 0 Å². The van der Waals surface area contributed by atoms with Crippen molar-refractivity contribution in [3.63, 3.8) is 0 Å². The molecule has 2 aromatic rings. The van der Waals surface area contributed by atoms with Gasteiger partial charge in [-0.1, -0.05) is 36.4 Å². The van der Waals surface area contributed by atoms with Crippen LogP contribution >= 0.6 is 11.3 Å². The van der Waals surface area contributed by atoms with Crippen molar-refractivity contribution in [3.05, 3.63) is 58.3 Å². The van der Waals surface area contributed by atoms with Crippen molar-refractivity contribution in [2.24, 2.45) is 0 Å². The molecule has 0 radical (unpaired) electrons. The first-order valence-electron chi connectivity index (χ1n) is 7.83. The minimum absolute atomic E-state index is 0.140. The van der Waals surface area contributed by atoms with Crippen LogP contribution in [0.1, 0.15) is 29.8 Å². The van der Waals surface area contributed by atoms with Crippen molar-refractivity contribution in [1.82, 2.24) is 10.2 Å². The maximum absolute atomic E-state index is 12.1. The molecule has 3 nitrogen and oxygen atoms in total. The summed E-state index contributed by atoms with van der Waals surface area (Å²) in [7, 11) is 0. The third kappa shape index (κ3) is 3.76. The van der Waals surface area contributed by atoms with Crippen molar-refractivity contribution in [2.45, 2.75) is 31.8 Å². The first kappa shape index (κ1) is 15.3. The van der Waals surface area contributed by atoms with E-state index in [-0.39, 0.29) is 11.9 Å². The monoisotopic (exact) mass is 314 g/mol. The van der Waals surface area contributed by atoms with E-state index in [1.54, 1.807) is 11.3 Å². The number of carbonyl (C=O) groups excluding carboxylic acids is 1. The minimum Gasteiger partial charge on any atom is -0.352 e. The van der Waals surface area contributed by atoms with Gasteiger partial charge < -0.3 is 5.32 Å². The number of hydrogen-bond acceptors (Lipinski definition) is 3. The van der Waals surface area contributed by atoms with Crippen molar-refractivity contribution >= 4 is 17.2 Å². The number of likely N-dealkylation sites (tertiary alicyclic amines) is 1. The fraction of sp³-hybridized carbons (Fsp3) is 0.389. The highest BCUT2D eigenvalue weighted by molar-refractivity contribution is 7.10. The Hall–Kier alpha value is -1.65. The Bertz CT molecular complexity index is 597. The quantitative estimate of drug-likeness (QED) is 0.919. The molecule has 1 aliphatic rings. The van der Waals surface area contributed by atoms with Crippen LogP contribution in [0.25, 0.3) is 0 Å². The smallest absolute Gasteiger partial charge is 0.225 e. The second-order valence-corrected chi connectivity index (χ2v) is 6.92. The van der Waals surface area contributed by atoms with Gasteiger partial charge in [-0.05, 0) is 30.4 Å². The van der Waals surface area contributed by atoms with E-state index in [1.165, 1.54) is 5.56 Å². The van der Waals surface area contributed by atoms with Gasteiger partial charge >= 0.3 is 0 Å². The van der Waals surface area contributed by atoms with Crippen molar-refractivity contribution in [3.8, 4) is 0 Å². The van der Waals surface area contributed by atoms with Gasteiger partial charge in [0.05, 0.1) is 6.42 Å². The Morgan fingerprint density at radius 3 is 2.86 bits per heavy atom. The zero-order chi connectivity index (χ0) is 15.4. The van der Waals surface area contributed by atoms with Crippen LogP contribution in [-0.4, -0.2) is 29.9 Å². The molecule has 1 aromatic heterocycles. The third-order valence-corrected chi connectivity index (χ3v) is 5.21. The fourth-order valence-electron chi connectivity index (χ4n) is 3.05. The van der Waals surface area contributed by atoms with Crippen molar-refractivity contribution in [1.29, 1.82) is 0 Å². The number of carbonyl (C=O) groups is 1. The van der Waals surface area contributed by atoms with Gasteiger partial charge in [0.1, 0.15) is 0 Å². The molecule has 116 valence electrons. The van der Waals surface area contributed by atoms with Gasteiger partial charge in [0.25, 0.3) is 0 Å². The molecule has 1 amide bonds. The lowest BCUT2D eigenvalue weighted by Crippen LogP contribution is -2.38. The molecule has 1 saturated heterocycles. The van der Waals surface area contributed by atoms with E-state index in [2.05, 4.69) is 41.4 Å². The van der Waals surface area contributed by atoms with Crippen LogP contribution in [0.4, 0.5) is 0 Å². The molecule has 2 atom stereocenters. The van der Waals surface area contributed by atoms with E-state index in [0.717, 1.165) is 24.4 Å². The Balaban J connectivity index is 1.51. The fourth-order valence-corrected chi connectivity index (χ4v) is 3.75. The van der Waals surface area contributed by atoms with Crippen LogP contribution in [0, 0.1) is 0 Å². The maximum Gasteiger partial charge on any atom is 0.225 e. The highest BCUT2D eigenvalue weighted by Crippen LogP contribution is 2.24. The van der Waals surface area contributed by atoms with Crippen LogP contribution in [-0.2, 0) is 11.2 Å². The lowest BCUT2D eigenvalue weighted by molar-refractivity contribution is -0.121. The Morgan fingerprint density at radius 1 is 1.32 bits per heavy atom. The van der Waals surface area contributed by atoms with Crippen LogP contribution in [0.15, 0.2) is 47.8 Å². The molecule has 0 saturated carbocycles. The molecule has 1 aromatic carbocycles. The lowest BCUT2D eigenvalue weighted by atomic mass is 10.1. The SMILES string of the molecule is C[C@H](c1ccccc1)N1CC[C@H](NC(=O)Cc2cccs2)C1. The average Bonchev–Trinajstić information content (AvgIpc) is 3.19. The minimum atomic E-state index is 0.140. The zero-order valence-electron chi connectivity index (χ0n) is 12.9. The molecule has 0 spiro atoms. The summed E-state index contributed by atoms with van der Waals surface area (Å²) in [4.78, 5) is 15.7. The van der Waals surface area contributed by atoms with Gasteiger partial charge in [0.15, 0.2) is 0 Å². The van der Waals surface area contributed by atoms with E-state index in [9.17, 15) is 4.79 Å². The number of hydrogen-bond donors (Lipinski definition) is 1. The topological polar surface area (TPSA) is 32.3 Å². The summed E-state index contributed by atoms with van der Waals surface area (Å²) in [6, 6.07) is 15.3. The standard InChI is InChI=1S/C18H22N2OS/c1-14(15-6-3-2-4-7-15)20-10-9-16(13-20)19-18(21)12-17-8-5-11-22-17/h2-8,11,14,16H,9-10,12-13H2,1H3,(H,19,21)/t14-,16+/m1/s1. The van der Waals surface area contributed by atoms with E-state index in [1.807, 2.05) is 23.6 Å². The molecule has 0 aliphatic carbocycles. The molecule has 2 heterocycles. The Kier molecular flexibility index (Phi) is 4.90. The van der Waals surface area contributed by atoms with Gasteiger partial charge in [-0.2, -0.15) is 0 Å². The summed E-state index contributed by atoms with van der Waals surface area (Å²) < 4.78 is 0. The van der Waals surface area contributed by atoms with Gasteiger partial charge in [-0.3, -0.25) is 9.69 Å². The lowest BCUT2D eigenvalue weighted by Gasteiger charge is -2.24. The van der Waals surface area contributed by atoms with Crippen LogP contribution in [0.5, 0.6) is 0 Å². The van der Waals surface area contributed by atoms with E-state index in [4.69, 9.17) is 0 Å². The summed E-state index contributed by atoms with van der Waals surface area (Å²) >= 11 is 1.64. The van der Waals surface area contributed by atoms with E-state index in [0.29, 0.717) is 12.5 Å². The second-order valence-electron chi connectivity index (χ2n) is 5.89. The van der Waals surface area contributed by atoms with E-state index >= 15 is 0 Å². The molecule has 0 unspecified atom stereocenters. The Morgan fingerprint density at radius 2 is 2.14 bits per heavy atom. The maximum atomic E-state index is 12.1. The van der Waals surface area contributed by atoms with Crippen LogP contribution < -0.4 is 5.32 Å². The molecular formula is C18H22N2OS. The zero-order valence-corrected chi connectivity index (χ0v) is 13.7. The molecule has 1 fully saturated rings. The predicted molar refractivity (Wildman–Crippen MR) is 91.0 cm³/mol. The number of nitrogens with one attached hydrogen (secondary N) is 1. The molecule has 0 bridgehead atoms. The number of nitrogens with zero attached hydrogens (tertiary/aromatic N) is 1. The molecular weight excluding hydrogens is 292 g/mol. The number of amides is 1. The summed E-state index contributed by atoms with van der Waals surface area (Å²) in [6.07, 6.45) is 1.54. The summed E-state index contributed by atoms with van der Waals surface area (Å²) in [5, 5.41) is 5.19. The average molecular weight is 314 g/mol. The molecule has 4 heteroatoms. The Labute approximate surface area is 136 Å². The largest absolute Gasteiger partial charge is 0.352 e. The molecule has 1 aliphatic heterocycles. The summed E-state index contributed by atoms with van der Waals surface area (Å²) in [6.45, 7) is 4.22. The van der Waals surface area contributed by atoms with Crippen molar-refractivity contribution in [2.75, 3.05) is 13.1 Å². The summed E-state index contributed by atoms with van der Waals surface area (Å²) in [5.74, 6) is 0.140. The first-order valence-corrected chi connectivity index (χ1v) is 8.71. The van der Waals surface area contributed by atoms with Gasteiger partial charge in [-0.25, -0.2) is 0 Å². The normalized spacial score (nSPS) is 20.0. The summed E-state index contributed by atoms with van der Waals surface area (Å²) in [5.41, 5.74) is 1.34. The highest BCUT2D eigenvalue weighted by Gasteiger charge is 2.27. The highest BCUT2D eigenvalue weighted by atomic mass is 32.1. The van der Waals surface area contributed by atoms with Crippen molar-refractivity contribution < 1.29 is 4.79 Å². The number of benzene rings is 1. The third-order valence-electron chi connectivity index (χ3n) is 4.33. The number of rotatable bonds is 5. The molecule has 22 heavy (non-hydrogen) atoms. The second kappa shape index (κ2) is 7.07. The van der Waals surface area contributed by atoms with Crippen LogP contribution in [0.3, 0.4) is 0 Å². The first-order chi connectivity index (χ1) is 10.7. The van der Waals surface area contributed by atoms with Gasteiger partial charge in [-0.15, -0.1) is 11.3 Å². The molecule has 1 N–H and O–H groups in total. The van der Waals surface area contributed by atoms with Gasteiger partial charge in [0.2, 0.25) is 5.91 Å². The van der Waals surface area contributed by atoms with Gasteiger partial charge in [0, 0.05) is 30.1 Å².